The highest BCUT2D eigenvalue weighted by atomic mass is 31.2. The van der Waals surface area contributed by atoms with Crippen molar-refractivity contribution in [3.05, 3.63) is 29.8 Å². The standard InChI is InChI=1S/C16H25N2O8P/c1-17-16(22)18-10-4-2-9(3-5-10)8-12-14(20)15(21)13(19)11(26-12)6-7-27(23,24)25/h2-5,11-15,19-21H,6-8H2,1H3,(H2,17,18,22)(H2,23,24,25)/t11-,12+,13-,14-,15+/m1/s1. The maximum absolute atomic E-state index is 11.3. The lowest BCUT2D eigenvalue weighted by Gasteiger charge is -2.41. The third-order valence-corrected chi connectivity index (χ3v) is 5.23. The van der Waals surface area contributed by atoms with Crippen molar-refractivity contribution < 1.29 is 39.2 Å². The number of benzene rings is 1. The monoisotopic (exact) mass is 404 g/mol. The minimum Gasteiger partial charge on any atom is -0.388 e. The molecule has 0 aliphatic carbocycles. The van der Waals surface area contributed by atoms with Crippen molar-refractivity contribution in [1.82, 2.24) is 5.32 Å². The number of nitrogens with one attached hydrogen (secondary N) is 2. The van der Waals surface area contributed by atoms with Crippen molar-refractivity contribution in [3.8, 4) is 0 Å². The van der Waals surface area contributed by atoms with Gasteiger partial charge in [0.15, 0.2) is 0 Å². The molecule has 0 aromatic heterocycles. The van der Waals surface area contributed by atoms with Crippen LogP contribution in [0.25, 0.3) is 0 Å². The molecule has 0 bridgehead atoms. The second-order valence-corrected chi connectivity index (χ2v) is 8.24. The molecular weight excluding hydrogens is 379 g/mol. The molecule has 7 N–H and O–H groups in total. The molecule has 1 aromatic carbocycles. The van der Waals surface area contributed by atoms with Gasteiger partial charge in [0.2, 0.25) is 0 Å². The Kier molecular flexibility index (Phi) is 7.35. The van der Waals surface area contributed by atoms with Crippen LogP contribution in [0.5, 0.6) is 0 Å². The summed E-state index contributed by atoms with van der Waals surface area (Å²) in [6.45, 7) is 0. The van der Waals surface area contributed by atoms with Gasteiger partial charge in [-0.3, -0.25) is 4.57 Å². The van der Waals surface area contributed by atoms with Gasteiger partial charge < -0.3 is 40.5 Å². The summed E-state index contributed by atoms with van der Waals surface area (Å²) in [4.78, 5) is 29.3. The average molecular weight is 404 g/mol. The van der Waals surface area contributed by atoms with E-state index in [0.29, 0.717) is 5.69 Å². The molecule has 2 rings (SSSR count). The highest BCUT2D eigenvalue weighted by Gasteiger charge is 2.43. The molecule has 1 aromatic rings. The number of aliphatic hydroxyl groups is 3. The van der Waals surface area contributed by atoms with Crippen molar-refractivity contribution in [1.29, 1.82) is 0 Å². The third-order valence-electron chi connectivity index (χ3n) is 4.39. The first-order valence-corrected chi connectivity index (χ1v) is 10.2. The van der Waals surface area contributed by atoms with E-state index in [1.165, 1.54) is 7.05 Å². The van der Waals surface area contributed by atoms with Crippen LogP contribution in [-0.4, -0.2) is 74.9 Å². The normalized spacial score (nSPS) is 28.6. The number of aliphatic hydroxyl groups excluding tert-OH is 3. The molecule has 0 saturated carbocycles. The topological polar surface area (TPSA) is 169 Å². The molecule has 5 atom stereocenters. The average Bonchev–Trinajstić information content (AvgIpc) is 2.61. The van der Waals surface area contributed by atoms with E-state index in [9.17, 15) is 24.7 Å². The Morgan fingerprint density at radius 1 is 1.07 bits per heavy atom. The second kappa shape index (κ2) is 9.11. The van der Waals surface area contributed by atoms with Gasteiger partial charge in [0.25, 0.3) is 0 Å². The molecule has 1 heterocycles. The van der Waals surface area contributed by atoms with Crippen molar-refractivity contribution in [2.24, 2.45) is 0 Å². The Morgan fingerprint density at radius 2 is 1.67 bits per heavy atom. The lowest BCUT2D eigenvalue weighted by atomic mass is 9.90. The van der Waals surface area contributed by atoms with Crippen LogP contribution in [-0.2, 0) is 15.7 Å². The molecule has 1 fully saturated rings. The summed E-state index contributed by atoms with van der Waals surface area (Å²) in [5.74, 6) is 0. The smallest absolute Gasteiger partial charge is 0.325 e. The van der Waals surface area contributed by atoms with Gasteiger partial charge in [0.1, 0.15) is 18.3 Å². The summed E-state index contributed by atoms with van der Waals surface area (Å²) < 4.78 is 16.6. The summed E-state index contributed by atoms with van der Waals surface area (Å²) in [5.41, 5.74) is 1.32. The van der Waals surface area contributed by atoms with Crippen LogP contribution in [0, 0.1) is 0 Å². The van der Waals surface area contributed by atoms with Crippen LogP contribution < -0.4 is 10.6 Å². The molecule has 1 saturated heterocycles. The number of urea groups is 1. The van der Waals surface area contributed by atoms with E-state index in [0.717, 1.165) is 5.56 Å². The van der Waals surface area contributed by atoms with E-state index in [-0.39, 0.29) is 18.9 Å². The third kappa shape index (κ3) is 6.25. The van der Waals surface area contributed by atoms with E-state index < -0.39 is 44.3 Å². The van der Waals surface area contributed by atoms with E-state index in [1.54, 1.807) is 24.3 Å². The van der Waals surface area contributed by atoms with Gasteiger partial charge in [-0.15, -0.1) is 0 Å². The van der Waals surface area contributed by atoms with Gasteiger partial charge in [0, 0.05) is 19.2 Å². The van der Waals surface area contributed by atoms with Crippen LogP contribution in [0.4, 0.5) is 10.5 Å². The molecule has 1 aliphatic heterocycles. The summed E-state index contributed by atoms with van der Waals surface area (Å²) in [6, 6.07) is 6.39. The number of ether oxygens (including phenoxy) is 1. The van der Waals surface area contributed by atoms with Crippen LogP contribution in [0.2, 0.25) is 0 Å². The number of rotatable bonds is 6. The highest BCUT2D eigenvalue weighted by molar-refractivity contribution is 7.51. The Morgan fingerprint density at radius 3 is 2.22 bits per heavy atom. The Labute approximate surface area is 156 Å². The number of carbonyl (C=O) groups is 1. The Hall–Kier alpha value is -1.52. The van der Waals surface area contributed by atoms with Gasteiger partial charge in [-0.25, -0.2) is 4.79 Å². The molecule has 1 aliphatic rings. The zero-order valence-corrected chi connectivity index (χ0v) is 15.6. The second-order valence-electron chi connectivity index (χ2n) is 6.47. The minimum atomic E-state index is -4.28. The van der Waals surface area contributed by atoms with Crippen molar-refractivity contribution in [2.75, 3.05) is 18.5 Å². The molecule has 152 valence electrons. The largest absolute Gasteiger partial charge is 0.388 e. The lowest BCUT2D eigenvalue weighted by molar-refractivity contribution is -0.221. The molecule has 2 amide bonds. The summed E-state index contributed by atoms with van der Waals surface area (Å²) >= 11 is 0. The summed E-state index contributed by atoms with van der Waals surface area (Å²) in [7, 11) is -2.78. The SMILES string of the molecule is CNC(=O)Nc1ccc(C[C@@H]2O[C@H](CCP(=O)(O)O)[C@@H](O)[C@H](O)[C@@H]2O)cc1. The van der Waals surface area contributed by atoms with Crippen LogP contribution in [0.3, 0.4) is 0 Å². The number of anilines is 1. The quantitative estimate of drug-likeness (QED) is 0.308. The predicted molar refractivity (Wildman–Crippen MR) is 96.4 cm³/mol. The van der Waals surface area contributed by atoms with Crippen LogP contribution in [0.15, 0.2) is 24.3 Å². The minimum absolute atomic E-state index is 0.152. The first-order chi connectivity index (χ1) is 12.6. The van der Waals surface area contributed by atoms with E-state index in [1.807, 2.05) is 0 Å². The number of hydrogen-bond acceptors (Lipinski definition) is 6. The van der Waals surface area contributed by atoms with E-state index in [4.69, 9.17) is 14.5 Å². The molecule has 10 nitrogen and oxygen atoms in total. The zero-order chi connectivity index (χ0) is 20.2. The summed E-state index contributed by atoms with van der Waals surface area (Å²) in [5, 5.41) is 35.2. The van der Waals surface area contributed by atoms with Gasteiger partial charge in [0.05, 0.1) is 18.4 Å². The molecule has 27 heavy (non-hydrogen) atoms. The number of carbonyl (C=O) groups excluding carboxylic acids is 1. The lowest BCUT2D eigenvalue weighted by Crippen LogP contribution is -2.58. The van der Waals surface area contributed by atoms with Crippen molar-refractivity contribution in [3.63, 3.8) is 0 Å². The fourth-order valence-electron chi connectivity index (χ4n) is 2.88. The zero-order valence-electron chi connectivity index (χ0n) is 14.7. The Balaban J connectivity index is 2.03. The van der Waals surface area contributed by atoms with Gasteiger partial charge in [-0.2, -0.15) is 0 Å². The van der Waals surface area contributed by atoms with E-state index in [2.05, 4.69) is 10.6 Å². The molecule has 0 unspecified atom stereocenters. The maximum atomic E-state index is 11.3. The first kappa shape index (κ1) is 21.8. The first-order valence-electron chi connectivity index (χ1n) is 8.42. The van der Waals surface area contributed by atoms with Crippen molar-refractivity contribution in [2.45, 2.75) is 43.4 Å². The number of hydrogen-bond donors (Lipinski definition) is 7. The molecular formula is C16H25N2O8P. The fraction of sp³-hybridized carbons (Fsp3) is 0.562. The molecule has 11 heteroatoms. The molecule has 0 spiro atoms. The van der Waals surface area contributed by atoms with E-state index >= 15 is 0 Å². The Bertz CT molecular complexity index is 680. The maximum Gasteiger partial charge on any atom is 0.325 e. The highest BCUT2D eigenvalue weighted by Crippen LogP contribution is 2.37. The predicted octanol–water partition coefficient (Wildman–Crippen LogP) is -0.602. The van der Waals surface area contributed by atoms with Gasteiger partial charge in [-0.05, 0) is 24.1 Å². The molecule has 0 radical (unpaired) electrons. The summed E-state index contributed by atoms with van der Waals surface area (Å²) in [6.07, 6.45) is -6.59. The van der Waals surface area contributed by atoms with Gasteiger partial charge >= 0.3 is 13.6 Å². The fourth-order valence-corrected chi connectivity index (χ4v) is 3.47. The van der Waals surface area contributed by atoms with Crippen LogP contribution >= 0.6 is 7.60 Å². The van der Waals surface area contributed by atoms with Crippen LogP contribution in [0.1, 0.15) is 12.0 Å². The van der Waals surface area contributed by atoms with Crippen molar-refractivity contribution >= 4 is 19.3 Å². The van der Waals surface area contributed by atoms with Gasteiger partial charge in [-0.1, -0.05) is 12.1 Å². The number of amides is 2.